The van der Waals surface area contributed by atoms with Gasteiger partial charge in [0.2, 0.25) is 5.91 Å². The van der Waals surface area contributed by atoms with E-state index in [1.807, 2.05) is 47.6 Å². The number of rotatable bonds is 7. The topological polar surface area (TPSA) is 124 Å². The van der Waals surface area contributed by atoms with Crippen LogP contribution in [0.3, 0.4) is 0 Å². The third-order valence-electron chi connectivity index (χ3n) is 8.99. The molecule has 1 aliphatic carbocycles. The Bertz CT molecular complexity index is 1600. The zero-order valence-electron chi connectivity index (χ0n) is 26.7. The minimum Gasteiger partial charge on any atom is -0.455 e. The van der Waals surface area contributed by atoms with Crippen LogP contribution in [0.4, 0.5) is 0 Å². The van der Waals surface area contributed by atoms with Gasteiger partial charge in [0.15, 0.2) is 5.69 Å². The molecule has 6 rings (SSSR count). The van der Waals surface area contributed by atoms with Crippen LogP contribution in [0.5, 0.6) is 0 Å². The van der Waals surface area contributed by atoms with E-state index in [9.17, 15) is 9.59 Å². The minimum atomic E-state index is -0.981. The van der Waals surface area contributed by atoms with Crippen LogP contribution in [0.25, 0.3) is 32.6 Å². The zero-order chi connectivity index (χ0) is 31.3. The molecule has 0 radical (unpaired) electrons. The highest BCUT2D eigenvalue weighted by Gasteiger charge is 2.43. The molecule has 2 aliphatic heterocycles. The Balaban J connectivity index is 1.75. The van der Waals surface area contributed by atoms with Gasteiger partial charge in [-0.1, -0.05) is 29.2 Å². The average molecular weight is 585 g/mol. The Hall–Kier alpha value is -3.84. The second-order valence-corrected chi connectivity index (χ2v) is 14.1. The van der Waals surface area contributed by atoms with E-state index in [4.69, 9.17) is 15.3 Å². The number of nitrogens with zero attached hydrogens (tertiary/aromatic N) is 5. The van der Waals surface area contributed by atoms with Crippen LogP contribution in [0.15, 0.2) is 29.4 Å². The van der Waals surface area contributed by atoms with E-state index in [1.54, 1.807) is 0 Å². The van der Waals surface area contributed by atoms with Gasteiger partial charge in [-0.05, 0) is 121 Å². The average Bonchev–Trinajstić information content (AvgIpc) is 3.34. The van der Waals surface area contributed by atoms with E-state index in [-0.39, 0.29) is 30.1 Å². The quantitative estimate of drug-likeness (QED) is 0.131. The number of amides is 1. The van der Waals surface area contributed by atoms with Gasteiger partial charge in [0.05, 0.1) is 22.3 Å². The standard InChI is InChI=1S/C34H44N6O3/c1-19-13-20(2)15-23(14-19)28-27(21(3)17-36-39-35)25-16-26(37-30(29(25)38-28)31(41)43-33(4,5)6)34(7,8)32(42)40-18-22-9-11-24(40)12-10-22/h13-16,21-22,24,38H,9-12,17-18H2,1-8H3/t21-,22?,24?/m1/s1. The summed E-state index contributed by atoms with van der Waals surface area (Å²) in [6.07, 6.45) is 4.44. The molecule has 3 fully saturated rings. The van der Waals surface area contributed by atoms with Crippen molar-refractivity contribution in [3.8, 4) is 11.3 Å². The Morgan fingerprint density at radius 3 is 2.30 bits per heavy atom. The molecule has 1 atom stereocenters. The van der Waals surface area contributed by atoms with E-state index in [0.29, 0.717) is 17.1 Å². The molecule has 3 aliphatic rings. The number of hydrogen-bond acceptors (Lipinski definition) is 5. The highest BCUT2D eigenvalue weighted by atomic mass is 16.6. The number of azide groups is 1. The number of hydrogen-bond donors (Lipinski definition) is 1. The van der Waals surface area contributed by atoms with Crippen LogP contribution < -0.4 is 0 Å². The number of fused-ring (bicyclic) bond motifs is 4. The molecule has 3 aromatic rings. The molecule has 1 amide bonds. The lowest BCUT2D eigenvalue weighted by molar-refractivity contribution is -0.144. The first-order valence-corrected chi connectivity index (χ1v) is 15.4. The van der Waals surface area contributed by atoms with Crippen LogP contribution in [-0.4, -0.2) is 51.5 Å². The monoisotopic (exact) mass is 584 g/mol. The van der Waals surface area contributed by atoms with E-state index < -0.39 is 17.0 Å². The van der Waals surface area contributed by atoms with Gasteiger partial charge in [0.1, 0.15) is 5.60 Å². The summed E-state index contributed by atoms with van der Waals surface area (Å²) in [6.45, 7) is 16.4. The molecular formula is C34H44N6O3. The Morgan fingerprint density at radius 2 is 1.74 bits per heavy atom. The fourth-order valence-electron chi connectivity index (χ4n) is 6.90. The fourth-order valence-corrected chi connectivity index (χ4v) is 6.90. The molecule has 1 saturated carbocycles. The predicted molar refractivity (Wildman–Crippen MR) is 169 cm³/mol. The number of aromatic amines is 1. The summed E-state index contributed by atoms with van der Waals surface area (Å²) in [7, 11) is 0. The Kier molecular flexibility index (Phi) is 8.07. The van der Waals surface area contributed by atoms with Gasteiger partial charge in [-0.15, -0.1) is 0 Å². The van der Waals surface area contributed by atoms with Gasteiger partial charge in [-0.25, -0.2) is 9.78 Å². The number of aromatic nitrogens is 2. The SMILES string of the molecule is Cc1cc(C)cc(-c2[nH]c3c(C(=O)OC(C)(C)C)nc(C(C)(C)C(=O)N4CC5CCC4CC5)cc3c2[C@H](C)CN=[N+]=[N-])c1. The van der Waals surface area contributed by atoms with Gasteiger partial charge < -0.3 is 14.6 Å². The second-order valence-electron chi connectivity index (χ2n) is 14.1. The van der Waals surface area contributed by atoms with Crippen molar-refractivity contribution in [1.82, 2.24) is 14.9 Å². The maximum absolute atomic E-state index is 14.2. The number of carbonyl (C=O) groups excluding carboxylic acids is 2. The molecule has 2 saturated heterocycles. The van der Waals surface area contributed by atoms with E-state index in [2.05, 4.69) is 52.0 Å². The Morgan fingerprint density at radius 1 is 1.09 bits per heavy atom. The molecular weight excluding hydrogens is 540 g/mol. The molecule has 1 N–H and O–H groups in total. The predicted octanol–water partition coefficient (Wildman–Crippen LogP) is 7.89. The molecule has 9 heteroatoms. The third-order valence-corrected chi connectivity index (χ3v) is 8.99. The number of pyridine rings is 1. The van der Waals surface area contributed by atoms with Crippen LogP contribution in [0.1, 0.15) is 106 Å². The molecule has 9 nitrogen and oxygen atoms in total. The van der Waals surface area contributed by atoms with E-state index >= 15 is 0 Å². The molecule has 0 spiro atoms. The van der Waals surface area contributed by atoms with Crippen molar-refractivity contribution in [3.63, 3.8) is 0 Å². The first-order chi connectivity index (χ1) is 20.2. The van der Waals surface area contributed by atoms with Crippen molar-refractivity contribution >= 4 is 22.8 Å². The number of piperidine rings is 2. The van der Waals surface area contributed by atoms with Crippen LogP contribution in [0, 0.1) is 19.8 Å². The van der Waals surface area contributed by atoms with E-state index in [0.717, 1.165) is 52.7 Å². The summed E-state index contributed by atoms with van der Waals surface area (Å²) >= 11 is 0. The maximum Gasteiger partial charge on any atom is 0.359 e. The zero-order valence-corrected chi connectivity index (χ0v) is 26.7. The molecule has 228 valence electrons. The van der Waals surface area contributed by atoms with Gasteiger partial charge >= 0.3 is 5.97 Å². The van der Waals surface area contributed by atoms with Gasteiger partial charge in [-0.2, -0.15) is 0 Å². The Labute approximate surface area is 254 Å². The number of benzene rings is 1. The van der Waals surface area contributed by atoms with Crippen LogP contribution in [0.2, 0.25) is 0 Å². The van der Waals surface area contributed by atoms with Crippen molar-refractivity contribution in [3.05, 3.63) is 62.8 Å². The normalized spacial score (nSPS) is 19.3. The maximum atomic E-state index is 14.2. The summed E-state index contributed by atoms with van der Waals surface area (Å²) in [6, 6.07) is 8.52. The summed E-state index contributed by atoms with van der Waals surface area (Å²) in [5, 5.41) is 4.67. The largest absolute Gasteiger partial charge is 0.455 e. The highest BCUT2D eigenvalue weighted by molar-refractivity contribution is 6.05. The number of ether oxygens (including phenoxy) is 1. The van der Waals surface area contributed by atoms with Gasteiger partial charge in [0.25, 0.3) is 0 Å². The van der Waals surface area contributed by atoms with Crippen molar-refractivity contribution < 1.29 is 14.3 Å². The summed E-state index contributed by atoms with van der Waals surface area (Å²) in [5.41, 5.74) is 13.6. The lowest BCUT2D eigenvalue weighted by Crippen LogP contribution is -2.55. The number of H-pyrrole nitrogens is 1. The summed E-state index contributed by atoms with van der Waals surface area (Å²) < 4.78 is 5.85. The first kappa shape index (κ1) is 30.6. The minimum absolute atomic E-state index is 0.0395. The van der Waals surface area contributed by atoms with Crippen molar-refractivity contribution in [2.24, 2.45) is 11.0 Å². The number of esters is 1. The highest BCUT2D eigenvalue weighted by Crippen LogP contribution is 2.41. The third kappa shape index (κ3) is 6.00. The molecule has 1 aromatic carbocycles. The van der Waals surface area contributed by atoms with Gasteiger partial charge in [-0.3, -0.25) is 4.79 Å². The van der Waals surface area contributed by atoms with Crippen LogP contribution in [-0.2, 0) is 14.9 Å². The number of nitrogens with one attached hydrogen (secondary N) is 1. The van der Waals surface area contributed by atoms with Gasteiger partial charge in [0, 0.05) is 29.4 Å². The fraction of sp³-hybridized carbons (Fsp3) is 0.559. The summed E-state index contributed by atoms with van der Waals surface area (Å²) in [4.78, 5) is 41.5. The molecule has 4 heterocycles. The van der Waals surface area contributed by atoms with Crippen LogP contribution >= 0.6 is 0 Å². The smallest absolute Gasteiger partial charge is 0.359 e. The summed E-state index contributed by atoms with van der Waals surface area (Å²) in [5.74, 6) is -0.144. The van der Waals surface area contributed by atoms with E-state index in [1.165, 1.54) is 12.8 Å². The lowest BCUT2D eigenvalue weighted by Gasteiger charge is -2.47. The van der Waals surface area contributed by atoms with Crippen molar-refractivity contribution in [1.29, 1.82) is 0 Å². The van der Waals surface area contributed by atoms with Crippen molar-refractivity contribution in [2.45, 2.75) is 104 Å². The molecule has 0 unspecified atom stereocenters. The molecule has 2 aromatic heterocycles. The first-order valence-electron chi connectivity index (χ1n) is 15.4. The van der Waals surface area contributed by atoms with Crippen molar-refractivity contribution in [2.75, 3.05) is 13.1 Å². The number of aryl methyl sites for hydroxylation is 2. The lowest BCUT2D eigenvalue weighted by atomic mass is 9.77. The number of carbonyl (C=O) groups is 2. The molecule has 43 heavy (non-hydrogen) atoms. The molecule has 2 bridgehead atoms. The second kappa shape index (κ2) is 11.3.